The summed E-state index contributed by atoms with van der Waals surface area (Å²) in [5.74, 6) is 0.854. The number of ether oxygens (including phenoxy) is 1. The lowest BCUT2D eigenvalue weighted by molar-refractivity contribution is 0.0685. The fourth-order valence-electron chi connectivity index (χ4n) is 4.06. The highest BCUT2D eigenvalue weighted by Crippen LogP contribution is 2.48. The number of nitrogens with zero attached hydrogens (tertiary/aromatic N) is 1. The molecule has 1 atom stereocenters. The van der Waals surface area contributed by atoms with Crippen LogP contribution in [-0.4, -0.2) is 11.5 Å². The maximum absolute atomic E-state index is 6.60. The van der Waals surface area contributed by atoms with E-state index in [2.05, 4.69) is 13.8 Å². The van der Waals surface area contributed by atoms with E-state index >= 15 is 0 Å². The van der Waals surface area contributed by atoms with Gasteiger partial charge in [-0.25, -0.2) is 4.99 Å². The molecule has 3 heteroatoms. The first-order valence-corrected chi connectivity index (χ1v) is 9.82. The van der Waals surface area contributed by atoms with Crippen LogP contribution >= 0.6 is 11.6 Å². The average molecular weight is 346 g/mol. The van der Waals surface area contributed by atoms with Crippen LogP contribution in [0.15, 0.2) is 40.4 Å². The monoisotopic (exact) mass is 345 g/mol. The van der Waals surface area contributed by atoms with Crippen molar-refractivity contribution in [3.8, 4) is 0 Å². The van der Waals surface area contributed by atoms with Crippen LogP contribution in [0.4, 0.5) is 5.69 Å². The molecule has 1 heterocycles. The second-order valence-corrected chi connectivity index (χ2v) is 7.45. The topological polar surface area (TPSA) is 21.6 Å². The molecule has 1 aliphatic carbocycles. The molecule has 0 bridgehead atoms. The normalized spacial score (nSPS) is 25.0. The summed E-state index contributed by atoms with van der Waals surface area (Å²) in [6, 6.07) is 7.74. The Hall–Kier alpha value is -1.28. The van der Waals surface area contributed by atoms with E-state index in [1.807, 2.05) is 24.3 Å². The summed E-state index contributed by atoms with van der Waals surface area (Å²) in [5.41, 5.74) is 3.73. The van der Waals surface area contributed by atoms with Crippen molar-refractivity contribution in [2.75, 3.05) is 0 Å². The highest BCUT2D eigenvalue weighted by atomic mass is 35.5. The Morgan fingerprint density at radius 2 is 2.08 bits per heavy atom. The number of fused-ring (bicyclic) bond motifs is 1. The van der Waals surface area contributed by atoms with Crippen molar-refractivity contribution >= 4 is 23.2 Å². The third-order valence-corrected chi connectivity index (χ3v) is 5.43. The Bertz CT molecular complexity index is 649. The molecule has 2 nitrogen and oxygen atoms in total. The third kappa shape index (κ3) is 3.54. The van der Waals surface area contributed by atoms with Gasteiger partial charge in [-0.3, -0.25) is 0 Å². The summed E-state index contributed by atoms with van der Waals surface area (Å²) < 4.78 is 6.60. The minimum absolute atomic E-state index is 0.0732. The molecule has 0 saturated heterocycles. The molecule has 0 radical (unpaired) electrons. The van der Waals surface area contributed by atoms with Gasteiger partial charge < -0.3 is 4.74 Å². The van der Waals surface area contributed by atoms with Gasteiger partial charge in [-0.15, -0.1) is 0 Å². The predicted octanol–water partition coefficient (Wildman–Crippen LogP) is 7.00. The average Bonchev–Trinajstić information content (AvgIpc) is 2.87. The van der Waals surface area contributed by atoms with Crippen molar-refractivity contribution in [2.45, 2.75) is 77.2 Å². The van der Waals surface area contributed by atoms with Gasteiger partial charge in [0.25, 0.3) is 0 Å². The van der Waals surface area contributed by atoms with Crippen LogP contribution < -0.4 is 0 Å². The van der Waals surface area contributed by atoms with E-state index in [0.29, 0.717) is 0 Å². The molecule has 130 valence electrons. The molecule has 3 rings (SSSR count). The zero-order valence-corrected chi connectivity index (χ0v) is 15.7. The molecule has 2 aliphatic rings. The maximum atomic E-state index is 6.60. The van der Waals surface area contributed by atoms with Crippen LogP contribution in [-0.2, 0) is 4.74 Å². The fraction of sp³-hybridized carbons (Fsp3) is 0.571. The minimum Gasteiger partial charge on any atom is -0.466 e. The number of hydrogen-bond donors (Lipinski definition) is 0. The molecule has 1 aromatic rings. The molecule has 0 aromatic heterocycles. The number of hydrogen-bond acceptors (Lipinski definition) is 2. The molecular formula is C21H28ClNO. The number of halogens is 1. The number of benzene rings is 1. The summed E-state index contributed by atoms with van der Waals surface area (Å²) in [6.07, 6.45) is 10.6. The third-order valence-electron chi connectivity index (χ3n) is 5.19. The van der Waals surface area contributed by atoms with Crippen LogP contribution in [0.1, 0.15) is 71.6 Å². The number of rotatable bonds is 6. The Balaban J connectivity index is 1.99. The van der Waals surface area contributed by atoms with E-state index in [0.717, 1.165) is 42.3 Å². The zero-order chi connectivity index (χ0) is 17.0. The van der Waals surface area contributed by atoms with Gasteiger partial charge in [0.05, 0.1) is 5.69 Å². The van der Waals surface area contributed by atoms with E-state index in [-0.39, 0.29) is 5.60 Å². The molecule has 0 spiro atoms. The molecule has 1 fully saturated rings. The van der Waals surface area contributed by atoms with Crippen LogP contribution in [0.5, 0.6) is 0 Å². The highest BCUT2D eigenvalue weighted by molar-refractivity contribution is 6.30. The number of aliphatic imine (C=N–C) groups is 1. The van der Waals surface area contributed by atoms with Gasteiger partial charge in [-0.05, 0) is 68.7 Å². The molecule has 1 unspecified atom stereocenters. The zero-order valence-electron chi connectivity index (χ0n) is 14.9. The molecule has 24 heavy (non-hydrogen) atoms. The number of unbranched alkanes of at least 4 members (excludes halogenated alkanes) is 1. The van der Waals surface area contributed by atoms with Gasteiger partial charge in [0.1, 0.15) is 5.60 Å². The Morgan fingerprint density at radius 3 is 2.83 bits per heavy atom. The summed E-state index contributed by atoms with van der Waals surface area (Å²) in [6.45, 7) is 4.49. The van der Waals surface area contributed by atoms with Crippen molar-refractivity contribution in [1.29, 1.82) is 0 Å². The predicted molar refractivity (Wildman–Crippen MR) is 102 cm³/mol. The molecular weight excluding hydrogens is 318 g/mol. The maximum Gasteiger partial charge on any atom is 0.218 e. The van der Waals surface area contributed by atoms with Crippen molar-refractivity contribution in [3.63, 3.8) is 0 Å². The summed E-state index contributed by atoms with van der Waals surface area (Å²) in [5, 5.41) is 0.720. The lowest BCUT2D eigenvalue weighted by Crippen LogP contribution is -2.34. The van der Waals surface area contributed by atoms with Crippen molar-refractivity contribution < 1.29 is 4.74 Å². The van der Waals surface area contributed by atoms with Gasteiger partial charge in [0.2, 0.25) is 5.90 Å². The van der Waals surface area contributed by atoms with Crippen molar-refractivity contribution in [1.82, 2.24) is 0 Å². The van der Waals surface area contributed by atoms with Gasteiger partial charge in [-0.2, -0.15) is 0 Å². The smallest absolute Gasteiger partial charge is 0.218 e. The Kier molecular flexibility index (Phi) is 5.65. The minimum atomic E-state index is -0.0732. The van der Waals surface area contributed by atoms with Gasteiger partial charge >= 0.3 is 0 Å². The first kappa shape index (κ1) is 17.5. The largest absolute Gasteiger partial charge is 0.466 e. The molecule has 0 amide bonds. The molecule has 1 saturated carbocycles. The Labute approximate surface area is 151 Å². The molecule has 1 aromatic carbocycles. The van der Waals surface area contributed by atoms with Gasteiger partial charge in [0.15, 0.2) is 0 Å². The van der Waals surface area contributed by atoms with E-state index in [9.17, 15) is 0 Å². The van der Waals surface area contributed by atoms with E-state index < -0.39 is 0 Å². The van der Waals surface area contributed by atoms with Crippen LogP contribution in [0.2, 0.25) is 5.02 Å². The summed E-state index contributed by atoms with van der Waals surface area (Å²) in [7, 11) is 0. The second kappa shape index (κ2) is 7.74. The van der Waals surface area contributed by atoms with E-state index in [1.54, 1.807) is 5.57 Å². The molecule has 0 N–H and O–H groups in total. The Morgan fingerprint density at radius 1 is 1.21 bits per heavy atom. The second-order valence-electron chi connectivity index (χ2n) is 7.01. The van der Waals surface area contributed by atoms with Crippen LogP contribution in [0.25, 0.3) is 0 Å². The first-order chi connectivity index (χ1) is 11.7. The molecule has 1 aliphatic heterocycles. The summed E-state index contributed by atoms with van der Waals surface area (Å²) in [4.78, 5) is 4.85. The lowest BCUT2D eigenvalue weighted by atomic mass is 9.76. The highest BCUT2D eigenvalue weighted by Gasteiger charge is 2.46. The first-order valence-electron chi connectivity index (χ1n) is 9.44. The van der Waals surface area contributed by atoms with Gasteiger partial charge in [-0.1, -0.05) is 44.4 Å². The van der Waals surface area contributed by atoms with Crippen LogP contribution in [0.3, 0.4) is 0 Å². The van der Waals surface area contributed by atoms with E-state index in [1.165, 1.54) is 37.7 Å². The quantitative estimate of drug-likeness (QED) is 0.543. The van der Waals surface area contributed by atoms with Gasteiger partial charge in [0, 0.05) is 10.6 Å². The fourth-order valence-corrected chi connectivity index (χ4v) is 4.24. The van der Waals surface area contributed by atoms with Crippen molar-refractivity contribution in [2.24, 2.45) is 4.99 Å². The SMILES string of the molecule is CCCCC12CCCCC1=C(CCC)C(=Nc1cccc(Cl)c1)O2. The van der Waals surface area contributed by atoms with E-state index in [4.69, 9.17) is 21.3 Å². The summed E-state index contributed by atoms with van der Waals surface area (Å²) >= 11 is 6.12. The lowest BCUT2D eigenvalue weighted by Gasteiger charge is -2.35. The standard InChI is InChI=1S/C21H28ClNO/c1-3-5-13-21-14-7-6-12-19(21)18(9-4-2)20(24-21)23-17-11-8-10-16(22)15-17/h8,10-11,15H,3-7,9,12-14H2,1-2H3. The van der Waals surface area contributed by atoms with Crippen molar-refractivity contribution in [3.05, 3.63) is 40.4 Å². The van der Waals surface area contributed by atoms with Crippen LogP contribution in [0, 0.1) is 0 Å².